The van der Waals surface area contributed by atoms with Crippen LogP contribution < -0.4 is 5.32 Å². The third kappa shape index (κ3) is 4.08. The third-order valence-corrected chi connectivity index (χ3v) is 6.65. The van der Waals surface area contributed by atoms with Crippen molar-refractivity contribution >= 4 is 22.6 Å². The minimum atomic E-state index is -2.60. The zero-order valence-electron chi connectivity index (χ0n) is 17.5. The van der Waals surface area contributed by atoms with Gasteiger partial charge in [-0.15, -0.1) is 0 Å². The van der Waals surface area contributed by atoms with Crippen LogP contribution in [0.5, 0.6) is 0 Å². The summed E-state index contributed by atoms with van der Waals surface area (Å²) in [6, 6.07) is 3.35. The Labute approximate surface area is 183 Å². The van der Waals surface area contributed by atoms with Crippen molar-refractivity contribution in [2.45, 2.75) is 63.3 Å². The van der Waals surface area contributed by atoms with Crippen LogP contribution in [0.25, 0.3) is 11.0 Å². The number of nitrogens with one attached hydrogen (secondary N) is 2. The standard InChI is InChI=1S/C23H24F3N5O/c24-20-16(5-4-15(30-20)10-13-6-8-23(25,26)9-7-13)19(32)17-11-27-21-18(17)22(29-12-28-21)31-14-2-1-3-14/h4-5,11-14H,1-3,6-10H2,(H2,27,28,29,31). The Balaban J connectivity index is 1.37. The van der Waals surface area contributed by atoms with Gasteiger partial charge in [0.25, 0.3) is 0 Å². The van der Waals surface area contributed by atoms with E-state index in [1.54, 1.807) is 6.07 Å². The second-order valence-corrected chi connectivity index (χ2v) is 8.89. The molecule has 3 heterocycles. The molecule has 0 unspecified atom stereocenters. The minimum Gasteiger partial charge on any atom is -0.367 e. The maximum absolute atomic E-state index is 14.8. The molecule has 0 saturated heterocycles. The van der Waals surface area contributed by atoms with Gasteiger partial charge in [-0.1, -0.05) is 0 Å². The lowest BCUT2D eigenvalue weighted by Crippen LogP contribution is -2.27. The van der Waals surface area contributed by atoms with Crippen LogP contribution in [0.1, 0.15) is 66.6 Å². The van der Waals surface area contributed by atoms with Gasteiger partial charge in [0.2, 0.25) is 11.9 Å². The molecule has 0 atom stereocenters. The number of anilines is 1. The lowest BCUT2D eigenvalue weighted by molar-refractivity contribution is -0.0457. The molecule has 3 aromatic heterocycles. The van der Waals surface area contributed by atoms with Crippen LogP contribution >= 0.6 is 0 Å². The molecule has 32 heavy (non-hydrogen) atoms. The smallest absolute Gasteiger partial charge is 0.248 e. The van der Waals surface area contributed by atoms with Gasteiger partial charge in [0, 0.05) is 30.8 Å². The van der Waals surface area contributed by atoms with Gasteiger partial charge < -0.3 is 10.3 Å². The van der Waals surface area contributed by atoms with Gasteiger partial charge in [-0.3, -0.25) is 4.79 Å². The first-order valence-electron chi connectivity index (χ1n) is 11.1. The van der Waals surface area contributed by atoms with Gasteiger partial charge in [-0.25, -0.2) is 23.7 Å². The Kier molecular flexibility index (Phi) is 5.35. The van der Waals surface area contributed by atoms with Crippen molar-refractivity contribution in [3.8, 4) is 0 Å². The first-order valence-corrected chi connectivity index (χ1v) is 11.1. The molecule has 2 fully saturated rings. The number of pyridine rings is 1. The average Bonchev–Trinajstić information content (AvgIpc) is 3.17. The highest BCUT2D eigenvalue weighted by atomic mass is 19.3. The van der Waals surface area contributed by atoms with E-state index in [0.717, 1.165) is 19.3 Å². The molecule has 0 spiro atoms. The van der Waals surface area contributed by atoms with Crippen LogP contribution in [-0.4, -0.2) is 37.7 Å². The van der Waals surface area contributed by atoms with Crippen LogP contribution in [0.4, 0.5) is 19.0 Å². The number of H-pyrrole nitrogens is 1. The first-order chi connectivity index (χ1) is 15.4. The number of fused-ring (bicyclic) bond motifs is 1. The van der Waals surface area contributed by atoms with E-state index in [2.05, 4.69) is 25.3 Å². The van der Waals surface area contributed by atoms with Crippen molar-refractivity contribution < 1.29 is 18.0 Å². The number of nitrogens with zero attached hydrogens (tertiary/aromatic N) is 3. The zero-order chi connectivity index (χ0) is 22.3. The molecule has 6 nitrogen and oxygen atoms in total. The Morgan fingerprint density at radius 3 is 2.59 bits per heavy atom. The Hall–Kier alpha value is -2.97. The second-order valence-electron chi connectivity index (χ2n) is 8.89. The van der Waals surface area contributed by atoms with Crippen molar-refractivity contribution in [1.82, 2.24) is 19.9 Å². The molecule has 0 aliphatic heterocycles. The number of alkyl halides is 2. The van der Waals surface area contributed by atoms with Crippen molar-refractivity contribution in [2.24, 2.45) is 5.92 Å². The fourth-order valence-corrected chi connectivity index (χ4v) is 4.50. The molecule has 2 aliphatic rings. The number of hydrogen-bond acceptors (Lipinski definition) is 5. The highest BCUT2D eigenvalue weighted by Gasteiger charge is 2.35. The Morgan fingerprint density at radius 2 is 1.91 bits per heavy atom. The number of carbonyl (C=O) groups is 1. The highest BCUT2D eigenvalue weighted by molar-refractivity contribution is 6.18. The fourth-order valence-electron chi connectivity index (χ4n) is 4.50. The maximum atomic E-state index is 14.8. The number of hydrogen-bond donors (Lipinski definition) is 2. The molecule has 2 saturated carbocycles. The largest absolute Gasteiger partial charge is 0.367 e. The summed E-state index contributed by atoms with van der Waals surface area (Å²) < 4.78 is 41.6. The normalized spacial score (nSPS) is 19.1. The molecule has 5 rings (SSSR count). The quantitative estimate of drug-likeness (QED) is 0.411. The van der Waals surface area contributed by atoms with Gasteiger partial charge >= 0.3 is 0 Å². The minimum absolute atomic E-state index is 0.0500. The molecular formula is C23H24F3N5O. The molecule has 3 aromatic rings. The fraction of sp³-hybridized carbons (Fsp3) is 0.478. The van der Waals surface area contributed by atoms with E-state index in [-0.39, 0.29) is 29.9 Å². The SMILES string of the molecule is O=C(c1ccc(CC2CCC(F)(F)CC2)nc1F)c1c[nH]c2ncnc(NC3CCC3)c12. The summed E-state index contributed by atoms with van der Waals surface area (Å²) in [6.45, 7) is 0. The number of aromatic amines is 1. The first kappa shape index (κ1) is 20.9. The molecule has 2 N–H and O–H groups in total. The molecule has 9 heteroatoms. The summed E-state index contributed by atoms with van der Waals surface area (Å²) in [5, 5.41) is 3.88. The third-order valence-electron chi connectivity index (χ3n) is 6.65. The van der Waals surface area contributed by atoms with E-state index in [0.29, 0.717) is 47.8 Å². The van der Waals surface area contributed by atoms with E-state index in [1.807, 2.05) is 0 Å². The van der Waals surface area contributed by atoms with Gasteiger partial charge in [0.15, 0.2) is 5.78 Å². The Morgan fingerprint density at radius 1 is 1.12 bits per heavy atom. The summed E-state index contributed by atoms with van der Waals surface area (Å²) in [7, 11) is 0. The predicted molar refractivity (Wildman–Crippen MR) is 113 cm³/mol. The lowest BCUT2D eigenvalue weighted by atomic mass is 9.84. The Bertz CT molecular complexity index is 1150. The highest BCUT2D eigenvalue weighted by Crippen LogP contribution is 2.37. The van der Waals surface area contributed by atoms with E-state index in [9.17, 15) is 18.0 Å². The van der Waals surface area contributed by atoms with Crippen LogP contribution in [0.3, 0.4) is 0 Å². The van der Waals surface area contributed by atoms with Gasteiger partial charge in [0.1, 0.15) is 17.8 Å². The molecular weight excluding hydrogens is 419 g/mol. The number of rotatable bonds is 6. The van der Waals surface area contributed by atoms with E-state index in [1.165, 1.54) is 18.6 Å². The van der Waals surface area contributed by atoms with Gasteiger partial charge in [-0.2, -0.15) is 4.39 Å². The van der Waals surface area contributed by atoms with Crippen molar-refractivity contribution in [1.29, 1.82) is 0 Å². The molecule has 0 amide bonds. The van der Waals surface area contributed by atoms with Crippen molar-refractivity contribution in [3.63, 3.8) is 0 Å². The summed E-state index contributed by atoms with van der Waals surface area (Å²) >= 11 is 0. The summed E-state index contributed by atoms with van der Waals surface area (Å²) in [5.74, 6) is -3.34. The summed E-state index contributed by atoms with van der Waals surface area (Å²) in [4.78, 5) is 28.6. The van der Waals surface area contributed by atoms with Gasteiger partial charge in [-0.05, 0) is 56.6 Å². The molecule has 0 aromatic carbocycles. The number of ketones is 1. The predicted octanol–water partition coefficient (Wildman–Crippen LogP) is 5.06. The van der Waals surface area contributed by atoms with E-state index >= 15 is 0 Å². The average molecular weight is 443 g/mol. The van der Waals surface area contributed by atoms with Crippen molar-refractivity contribution in [2.75, 3.05) is 5.32 Å². The number of aromatic nitrogens is 4. The maximum Gasteiger partial charge on any atom is 0.248 e. The van der Waals surface area contributed by atoms with Crippen LogP contribution in [-0.2, 0) is 6.42 Å². The zero-order valence-corrected chi connectivity index (χ0v) is 17.5. The second kappa shape index (κ2) is 8.18. The molecule has 168 valence electrons. The summed E-state index contributed by atoms with van der Waals surface area (Å²) in [6.07, 6.45) is 7.10. The number of carbonyl (C=O) groups excluding carboxylic acids is 1. The van der Waals surface area contributed by atoms with Crippen molar-refractivity contribution in [3.05, 3.63) is 47.4 Å². The van der Waals surface area contributed by atoms with Gasteiger partial charge in [0.05, 0.1) is 16.5 Å². The summed E-state index contributed by atoms with van der Waals surface area (Å²) in [5.41, 5.74) is 1.13. The molecule has 0 radical (unpaired) electrons. The topological polar surface area (TPSA) is 83.6 Å². The monoisotopic (exact) mass is 443 g/mol. The van der Waals surface area contributed by atoms with Crippen LogP contribution in [0.15, 0.2) is 24.7 Å². The molecule has 0 bridgehead atoms. The number of halogens is 3. The van der Waals surface area contributed by atoms with Crippen LogP contribution in [0.2, 0.25) is 0 Å². The van der Waals surface area contributed by atoms with E-state index < -0.39 is 17.7 Å². The lowest BCUT2D eigenvalue weighted by Gasteiger charge is -2.28. The van der Waals surface area contributed by atoms with Crippen LogP contribution in [0, 0.1) is 11.9 Å². The molecule has 2 aliphatic carbocycles. The van der Waals surface area contributed by atoms with E-state index in [4.69, 9.17) is 0 Å².